The summed E-state index contributed by atoms with van der Waals surface area (Å²) in [7, 11) is -3.69. The maximum Gasteiger partial charge on any atom is 0.319 e. The molecule has 0 atom stereocenters. The van der Waals surface area contributed by atoms with Crippen LogP contribution in [0.1, 0.15) is 6.42 Å². The molecule has 0 aliphatic carbocycles. The van der Waals surface area contributed by atoms with Gasteiger partial charge in [-0.25, -0.2) is 18.2 Å². The molecule has 3 amide bonds. The second-order valence-electron chi connectivity index (χ2n) is 7.33. The minimum Gasteiger partial charge on any atom is -0.345 e. The highest BCUT2D eigenvalue weighted by Gasteiger charge is 2.31. The first-order chi connectivity index (χ1) is 15.4. The van der Waals surface area contributed by atoms with E-state index in [0.717, 1.165) is 0 Å². The number of urea groups is 1. The van der Waals surface area contributed by atoms with E-state index in [1.54, 1.807) is 35.4 Å². The van der Waals surface area contributed by atoms with E-state index in [-0.39, 0.29) is 42.9 Å². The predicted octanol–water partition coefficient (Wildman–Crippen LogP) is 1.61. The van der Waals surface area contributed by atoms with Gasteiger partial charge in [0.05, 0.1) is 0 Å². The number of H-pyrrole nitrogens is 1. The zero-order valence-corrected chi connectivity index (χ0v) is 18.1. The lowest BCUT2D eigenvalue weighted by molar-refractivity contribution is -0.132. The number of aromatic amines is 1. The summed E-state index contributed by atoms with van der Waals surface area (Å²) in [5.41, 5.74) is 1.18. The SMILES string of the molecule is O=C(NCCC(=O)N1CCN(S(=O)(=O)c2c[nH]c3ncccc23)CC1)Nc1ccccc1. The van der Waals surface area contributed by atoms with Crippen LogP contribution in [0.25, 0.3) is 11.0 Å². The minimum absolute atomic E-state index is 0.127. The summed E-state index contributed by atoms with van der Waals surface area (Å²) in [6.45, 7) is 1.22. The van der Waals surface area contributed by atoms with Crippen molar-refractivity contribution in [3.05, 3.63) is 54.9 Å². The Hall–Kier alpha value is -3.44. The molecule has 1 saturated heterocycles. The molecule has 0 spiro atoms. The molecule has 3 aromatic rings. The molecule has 1 aliphatic rings. The molecule has 3 heterocycles. The van der Waals surface area contributed by atoms with Crippen LogP contribution in [-0.2, 0) is 14.8 Å². The van der Waals surface area contributed by atoms with Gasteiger partial charge >= 0.3 is 6.03 Å². The summed E-state index contributed by atoms with van der Waals surface area (Å²) in [4.78, 5) is 33.2. The number of anilines is 1. The fraction of sp³-hybridized carbons (Fsp3) is 0.286. The van der Waals surface area contributed by atoms with Gasteiger partial charge in [0.15, 0.2) is 0 Å². The van der Waals surface area contributed by atoms with Gasteiger partial charge in [-0.15, -0.1) is 0 Å². The molecule has 1 fully saturated rings. The third kappa shape index (κ3) is 4.73. The molecule has 1 aliphatic heterocycles. The molecule has 0 unspecified atom stereocenters. The molecule has 0 bridgehead atoms. The molecule has 0 saturated carbocycles. The van der Waals surface area contributed by atoms with E-state index >= 15 is 0 Å². The minimum atomic E-state index is -3.69. The van der Waals surface area contributed by atoms with E-state index in [0.29, 0.717) is 29.8 Å². The van der Waals surface area contributed by atoms with Crippen LogP contribution in [0.4, 0.5) is 10.5 Å². The lowest BCUT2D eigenvalue weighted by Gasteiger charge is -2.34. The van der Waals surface area contributed by atoms with Gasteiger partial charge in [0.2, 0.25) is 15.9 Å². The number of rotatable bonds is 6. The third-order valence-corrected chi connectivity index (χ3v) is 7.22. The van der Waals surface area contributed by atoms with Gasteiger partial charge in [0.1, 0.15) is 10.5 Å². The highest BCUT2D eigenvalue weighted by Crippen LogP contribution is 2.25. The summed E-state index contributed by atoms with van der Waals surface area (Å²) >= 11 is 0. The Kier molecular flexibility index (Phi) is 6.37. The van der Waals surface area contributed by atoms with Crippen molar-refractivity contribution in [2.45, 2.75) is 11.3 Å². The van der Waals surface area contributed by atoms with E-state index in [1.807, 2.05) is 18.2 Å². The Bertz CT molecular complexity index is 1200. The fourth-order valence-electron chi connectivity index (χ4n) is 3.60. The number of hydrogen-bond donors (Lipinski definition) is 3. The first-order valence-corrected chi connectivity index (χ1v) is 11.7. The highest BCUT2D eigenvalue weighted by atomic mass is 32.2. The molecule has 168 valence electrons. The summed E-state index contributed by atoms with van der Waals surface area (Å²) in [5.74, 6) is -0.127. The number of aromatic nitrogens is 2. The van der Waals surface area contributed by atoms with E-state index in [2.05, 4.69) is 20.6 Å². The van der Waals surface area contributed by atoms with Crippen molar-refractivity contribution in [2.24, 2.45) is 0 Å². The molecular formula is C21H24N6O4S. The summed E-state index contributed by atoms with van der Waals surface area (Å²) < 4.78 is 27.5. The smallest absolute Gasteiger partial charge is 0.319 e. The first kappa shape index (κ1) is 21.8. The van der Waals surface area contributed by atoms with Crippen molar-refractivity contribution in [1.82, 2.24) is 24.5 Å². The Morgan fingerprint density at radius 1 is 1.03 bits per heavy atom. The number of hydrogen-bond acceptors (Lipinski definition) is 5. The summed E-state index contributed by atoms with van der Waals surface area (Å²) in [6, 6.07) is 12.0. The van der Waals surface area contributed by atoms with Crippen molar-refractivity contribution in [3.8, 4) is 0 Å². The summed E-state index contributed by atoms with van der Waals surface area (Å²) in [6.07, 6.45) is 3.19. The molecular weight excluding hydrogens is 432 g/mol. The summed E-state index contributed by atoms with van der Waals surface area (Å²) in [5, 5.41) is 5.89. The van der Waals surface area contributed by atoms with Crippen molar-refractivity contribution in [1.29, 1.82) is 0 Å². The molecule has 1 aromatic carbocycles. The van der Waals surface area contributed by atoms with Crippen molar-refractivity contribution in [2.75, 3.05) is 38.0 Å². The number of amides is 3. The molecule has 0 radical (unpaired) electrons. The monoisotopic (exact) mass is 456 g/mol. The molecule has 32 heavy (non-hydrogen) atoms. The van der Waals surface area contributed by atoms with Gasteiger partial charge in [-0.3, -0.25) is 4.79 Å². The Balaban J connectivity index is 1.26. The number of piperazine rings is 1. The normalized spacial score (nSPS) is 14.9. The second-order valence-corrected chi connectivity index (χ2v) is 9.24. The standard InChI is InChI=1S/C21H24N6O4S/c28-19(8-10-23-21(29)25-16-5-2-1-3-6-16)26-11-13-27(14-12-26)32(30,31)18-15-24-20-17(18)7-4-9-22-20/h1-7,9,15H,8,10-14H2,(H,22,24)(H2,23,25,29). The van der Waals surface area contributed by atoms with Gasteiger partial charge in [-0.2, -0.15) is 4.31 Å². The molecule has 2 aromatic heterocycles. The lowest BCUT2D eigenvalue weighted by atomic mass is 10.3. The number of fused-ring (bicyclic) bond motifs is 1. The molecule has 11 heteroatoms. The Morgan fingerprint density at radius 2 is 1.78 bits per heavy atom. The molecule has 10 nitrogen and oxygen atoms in total. The van der Waals surface area contributed by atoms with Crippen LogP contribution in [0.5, 0.6) is 0 Å². The van der Waals surface area contributed by atoms with Crippen LogP contribution >= 0.6 is 0 Å². The number of benzene rings is 1. The van der Waals surface area contributed by atoms with E-state index in [1.165, 1.54) is 10.5 Å². The highest BCUT2D eigenvalue weighted by molar-refractivity contribution is 7.89. The Labute approximate surface area is 185 Å². The number of nitrogens with zero attached hydrogens (tertiary/aromatic N) is 3. The van der Waals surface area contributed by atoms with Crippen LogP contribution in [0, 0.1) is 0 Å². The molecule has 3 N–H and O–H groups in total. The lowest BCUT2D eigenvalue weighted by Crippen LogP contribution is -2.50. The maximum absolute atomic E-state index is 13.1. The number of carbonyl (C=O) groups is 2. The fourth-order valence-corrected chi connectivity index (χ4v) is 5.17. The Morgan fingerprint density at radius 3 is 2.53 bits per heavy atom. The average Bonchev–Trinajstić information content (AvgIpc) is 3.25. The van der Waals surface area contributed by atoms with E-state index < -0.39 is 10.0 Å². The van der Waals surface area contributed by atoms with Gasteiger partial charge in [0.25, 0.3) is 0 Å². The average molecular weight is 457 g/mol. The largest absolute Gasteiger partial charge is 0.345 e. The van der Waals surface area contributed by atoms with Crippen LogP contribution in [0.15, 0.2) is 59.8 Å². The number of carbonyl (C=O) groups excluding carboxylic acids is 2. The first-order valence-electron chi connectivity index (χ1n) is 10.2. The van der Waals surface area contributed by atoms with Crippen molar-refractivity contribution >= 4 is 38.7 Å². The number of para-hydroxylation sites is 1. The van der Waals surface area contributed by atoms with Crippen molar-refractivity contribution in [3.63, 3.8) is 0 Å². The topological polar surface area (TPSA) is 127 Å². The van der Waals surface area contributed by atoms with E-state index in [9.17, 15) is 18.0 Å². The predicted molar refractivity (Wildman–Crippen MR) is 120 cm³/mol. The van der Waals surface area contributed by atoms with Gasteiger partial charge in [-0.05, 0) is 24.3 Å². The van der Waals surface area contributed by atoms with Crippen molar-refractivity contribution < 1.29 is 18.0 Å². The van der Waals surface area contributed by atoms with Gasteiger partial charge in [0, 0.05) is 62.6 Å². The second kappa shape index (κ2) is 9.37. The van der Waals surface area contributed by atoms with Crippen LogP contribution in [-0.4, -0.2) is 72.3 Å². The van der Waals surface area contributed by atoms with Gasteiger partial charge in [-0.1, -0.05) is 18.2 Å². The number of pyridine rings is 1. The van der Waals surface area contributed by atoms with Crippen LogP contribution < -0.4 is 10.6 Å². The van der Waals surface area contributed by atoms with Crippen LogP contribution in [0.2, 0.25) is 0 Å². The zero-order valence-electron chi connectivity index (χ0n) is 17.3. The number of sulfonamides is 1. The number of nitrogens with one attached hydrogen (secondary N) is 3. The maximum atomic E-state index is 13.1. The zero-order chi connectivity index (χ0) is 22.6. The molecule has 4 rings (SSSR count). The van der Waals surface area contributed by atoms with E-state index in [4.69, 9.17) is 0 Å². The van der Waals surface area contributed by atoms with Crippen LogP contribution in [0.3, 0.4) is 0 Å². The quantitative estimate of drug-likeness (QED) is 0.519. The third-order valence-electron chi connectivity index (χ3n) is 5.28. The van der Waals surface area contributed by atoms with Gasteiger partial charge < -0.3 is 20.5 Å².